The number of fused-ring (bicyclic) bond motifs is 1. The van der Waals surface area contributed by atoms with Gasteiger partial charge in [-0.3, -0.25) is 14.7 Å². The Morgan fingerprint density at radius 3 is 2.76 bits per heavy atom. The SMILES string of the molecule is N#Cc1ccccc1[C@]1(C#N)C(=O)N2CCN=C2C=C1c1cccs1. The van der Waals surface area contributed by atoms with Crippen LogP contribution < -0.4 is 0 Å². The number of hydrogen-bond donors (Lipinski definition) is 0. The predicted molar refractivity (Wildman–Crippen MR) is 94.8 cm³/mol. The van der Waals surface area contributed by atoms with Crippen LogP contribution in [0.25, 0.3) is 5.57 Å². The highest BCUT2D eigenvalue weighted by atomic mass is 32.1. The second-order valence-electron chi connectivity index (χ2n) is 5.75. The van der Waals surface area contributed by atoms with Crippen molar-refractivity contribution in [2.75, 3.05) is 13.1 Å². The van der Waals surface area contributed by atoms with E-state index in [9.17, 15) is 15.3 Å². The van der Waals surface area contributed by atoms with Gasteiger partial charge in [-0.1, -0.05) is 24.3 Å². The topological polar surface area (TPSA) is 80.2 Å². The van der Waals surface area contributed by atoms with E-state index in [0.29, 0.717) is 35.6 Å². The first-order chi connectivity index (χ1) is 12.2. The monoisotopic (exact) mass is 344 g/mol. The molecule has 0 aliphatic carbocycles. The van der Waals surface area contributed by atoms with Gasteiger partial charge >= 0.3 is 0 Å². The van der Waals surface area contributed by atoms with E-state index in [1.165, 1.54) is 11.3 Å². The summed E-state index contributed by atoms with van der Waals surface area (Å²) < 4.78 is 0. The van der Waals surface area contributed by atoms with Gasteiger partial charge in [0.1, 0.15) is 5.84 Å². The van der Waals surface area contributed by atoms with Gasteiger partial charge in [0.15, 0.2) is 5.41 Å². The maximum atomic E-state index is 13.4. The van der Waals surface area contributed by atoms with E-state index >= 15 is 0 Å². The molecule has 2 aliphatic rings. The fourth-order valence-corrected chi connectivity index (χ4v) is 4.17. The molecule has 4 rings (SSSR count). The van der Waals surface area contributed by atoms with Crippen LogP contribution in [0.5, 0.6) is 0 Å². The van der Waals surface area contributed by atoms with Gasteiger partial charge in [-0.25, -0.2) is 0 Å². The summed E-state index contributed by atoms with van der Waals surface area (Å²) in [6, 6.07) is 15.0. The first-order valence-corrected chi connectivity index (χ1v) is 8.63. The summed E-state index contributed by atoms with van der Waals surface area (Å²) in [7, 11) is 0. The smallest absolute Gasteiger partial charge is 0.257 e. The zero-order chi connectivity index (χ0) is 17.4. The lowest BCUT2D eigenvalue weighted by atomic mass is 9.70. The molecule has 120 valence electrons. The summed E-state index contributed by atoms with van der Waals surface area (Å²) in [5, 5.41) is 21.6. The Morgan fingerprint density at radius 2 is 2.04 bits per heavy atom. The molecule has 0 N–H and O–H groups in total. The Hall–Kier alpha value is -3.22. The summed E-state index contributed by atoms with van der Waals surface area (Å²) >= 11 is 1.46. The lowest BCUT2D eigenvalue weighted by molar-refractivity contribution is -0.129. The maximum absolute atomic E-state index is 13.4. The molecule has 1 amide bonds. The van der Waals surface area contributed by atoms with Crippen molar-refractivity contribution in [2.24, 2.45) is 4.99 Å². The normalized spacial score (nSPS) is 21.8. The quantitative estimate of drug-likeness (QED) is 0.840. The predicted octanol–water partition coefficient (Wildman–Crippen LogP) is 2.72. The fraction of sp³-hybridized carbons (Fsp3) is 0.158. The molecule has 0 unspecified atom stereocenters. The third-order valence-electron chi connectivity index (χ3n) is 4.52. The molecule has 0 fully saturated rings. The fourth-order valence-electron chi connectivity index (χ4n) is 3.37. The van der Waals surface area contributed by atoms with Crippen molar-refractivity contribution in [3.05, 3.63) is 63.9 Å². The van der Waals surface area contributed by atoms with Crippen LogP contribution in [-0.2, 0) is 10.2 Å². The minimum atomic E-state index is -1.54. The minimum Gasteiger partial charge on any atom is -0.293 e. The standard InChI is InChI=1S/C19H12N4OS/c20-11-13-4-1-2-5-14(13)19(12-21)15(16-6-3-9-25-16)10-17-22-7-8-23(17)18(19)24/h1-6,9-10H,7-8H2/t19-/m0/s1. The minimum absolute atomic E-state index is 0.333. The molecule has 0 spiro atoms. The second kappa shape index (κ2) is 5.70. The lowest BCUT2D eigenvalue weighted by Gasteiger charge is -2.36. The van der Waals surface area contributed by atoms with E-state index in [-0.39, 0.29) is 5.91 Å². The van der Waals surface area contributed by atoms with Crippen molar-refractivity contribution < 1.29 is 4.79 Å². The average Bonchev–Trinajstić information content (AvgIpc) is 3.33. The van der Waals surface area contributed by atoms with Crippen LogP contribution in [0.4, 0.5) is 0 Å². The highest BCUT2D eigenvalue weighted by Crippen LogP contribution is 2.45. The number of hydrogen-bond acceptors (Lipinski definition) is 5. The molecule has 6 heteroatoms. The Morgan fingerprint density at radius 1 is 1.20 bits per heavy atom. The van der Waals surface area contributed by atoms with Gasteiger partial charge in [-0.15, -0.1) is 11.3 Å². The van der Waals surface area contributed by atoms with E-state index in [1.54, 1.807) is 29.2 Å². The van der Waals surface area contributed by atoms with E-state index < -0.39 is 5.41 Å². The van der Waals surface area contributed by atoms with Gasteiger partial charge in [0.25, 0.3) is 5.91 Å². The molecule has 1 aromatic carbocycles. The molecule has 0 radical (unpaired) electrons. The Labute approximate surface area is 148 Å². The van der Waals surface area contributed by atoms with Crippen LogP contribution in [0, 0.1) is 22.7 Å². The number of carbonyl (C=O) groups excluding carboxylic acids is 1. The summed E-state index contributed by atoms with van der Waals surface area (Å²) in [5.41, 5.74) is -0.190. The largest absolute Gasteiger partial charge is 0.293 e. The van der Waals surface area contributed by atoms with E-state index in [1.807, 2.05) is 23.6 Å². The molecule has 0 saturated carbocycles. The van der Waals surface area contributed by atoms with Crippen molar-refractivity contribution in [1.82, 2.24) is 4.90 Å². The van der Waals surface area contributed by atoms with Crippen LogP contribution in [0.2, 0.25) is 0 Å². The molecule has 2 aromatic rings. The first-order valence-electron chi connectivity index (χ1n) is 7.75. The number of benzene rings is 1. The number of amidine groups is 1. The lowest BCUT2D eigenvalue weighted by Crippen LogP contribution is -2.51. The first kappa shape index (κ1) is 15.3. The number of rotatable bonds is 2. The number of thiophene rings is 1. The molecule has 0 saturated heterocycles. The van der Waals surface area contributed by atoms with Crippen LogP contribution >= 0.6 is 11.3 Å². The molecule has 1 aromatic heterocycles. The van der Waals surface area contributed by atoms with Crippen LogP contribution in [-0.4, -0.2) is 29.7 Å². The maximum Gasteiger partial charge on any atom is 0.257 e. The summed E-state index contributed by atoms with van der Waals surface area (Å²) in [6.07, 6.45) is 1.82. The molecule has 25 heavy (non-hydrogen) atoms. The van der Waals surface area contributed by atoms with Crippen molar-refractivity contribution in [3.8, 4) is 12.1 Å². The van der Waals surface area contributed by atoms with E-state index in [4.69, 9.17) is 0 Å². The number of nitrogens with zero attached hydrogens (tertiary/aromatic N) is 4. The number of amides is 1. The summed E-state index contributed by atoms with van der Waals surface area (Å²) in [5.74, 6) is 0.258. The number of aliphatic imine (C=N–C) groups is 1. The van der Waals surface area contributed by atoms with Crippen LogP contribution in [0.3, 0.4) is 0 Å². The molecule has 2 aliphatic heterocycles. The third kappa shape index (κ3) is 2.05. The average molecular weight is 344 g/mol. The van der Waals surface area contributed by atoms with E-state index in [0.717, 1.165) is 4.88 Å². The molecule has 0 bridgehead atoms. The number of nitriles is 2. The number of carbonyl (C=O) groups is 1. The van der Waals surface area contributed by atoms with Gasteiger partial charge in [-0.2, -0.15) is 10.5 Å². The van der Waals surface area contributed by atoms with Crippen molar-refractivity contribution in [1.29, 1.82) is 10.5 Å². The highest BCUT2D eigenvalue weighted by molar-refractivity contribution is 7.11. The zero-order valence-electron chi connectivity index (χ0n) is 13.1. The highest BCUT2D eigenvalue weighted by Gasteiger charge is 2.53. The Kier molecular flexibility index (Phi) is 3.49. The zero-order valence-corrected chi connectivity index (χ0v) is 14.0. The summed E-state index contributed by atoms with van der Waals surface area (Å²) in [4.78, 5) is 20.2. The van der Waals surface area contributed by atoms with Crippen molar-refractivity contribution in [2.45, 2.75) is 5.41 Å². The van der Waals surface area contributed by atoms with Crippen LogP contribution in [0.1, 0.15) is 16.0 Å². The molecular weight excluding hydrogens is 332 g/mol. The van der Waals surface area contributed by atoms with Gasteiger partial charge < -0.3 is 0 Å². The van der Waals surface area contributed by atoms with Gasteiger partial charge in [0.05, 0.1) is 24.2 Å². The second-order valence-corrected chi connectivity index (χ2v) is 6.70. The van der Waals surface area contributed by atoms with Crippen LogP contribution in [0.15, 0.2) is 52.8 Å². The van der Waals surface area contributed by atoms with Crippen molar-refractivity contribution >= 4 is 28.7 Å². The molecule has 1 atom stereocenters. The summed E-state index contributed by atoms with van der Waals surface area (Å²) in [6.45, 7) is 0.983. The van der Waals surface area contributed by atoms with Gasteiger partial charge in [0, 0.05) is 22.6 Å². The molecule has 5 nitrogen and oxygen atoms in total. The van der Waals surface area contributed by atoms with Crippen molar-refractivity contribution in [3.63, 3.8) is 0 Å². The molecule has 3 heterocycles. The third-order valence-corrected chi connectivity index (χ3v) is 5.43. The van der Waals surface area contributed by atoms with Gasteiger partial charge in [-0.05, 0) is 23.6 Å². The van der Waals surface area contributed by atoms with E-state index in [2.05, 4.69) is 17.1 Å². The molecular formula is C19H12N4OS. The Balaban J connectivity index is 2.07. The van der Waals surface area contributed by atoms with Gasteiger partial charge in [0.2, 0.25) is 0 Å². The Bertz CT molecular complexity index is 1010.